The number of halogens is 2. The number of rotatable bonds is 6. The van der Waals surface area contributed by atoms with Gasteiger partial charge in [0.05, 0.1) is 16.3 Å². The van der Waals surface area contributed by atoms with Crippen LogP contribution in [0.2, 0.25) is 5.02 Å². The Morgan fingerprint density at radius 1 is 1.26 bits per heavy atom. The Kier molecular flexibility index (Phi) is 7.20. The van der Waals surface area contributed by atoms with E-state index < -0.39 is 22.3 Å². The van der Waals surface area contributed by atoms with Gasteiger partial charge in [0.15, 0.2) is 11.3 Å². The second-order valence-corrected chi connectivity index (χ2v) is 10.3. The average molecular weight is 503 g/mol. The molecule has 0 aliphatic carbocycles. The Bertz CT molecular complexity index is 1160. The van der Waals surface area contributed by atoms with Crippen molar-refractivity contribution in [3.63, 3.8) is 0 Å². The van der Waals surface area contributed by atoms with Crippen LogP contribution >= 0.6 is 24.2 Å². The van der Waals surface area contributed by atoms with Gasteiger partial charge in [-0.05, 0) is 56.5 Å². The first-order valence-corrected chi connectivity index (χ1v) is 11.8. The SMILES string of the molecule is CNC(=O)C(C)(C)CCc1ccc(N2C(S)N(c3ccc(C#N)c(Cl)c3F)C(=O)C2(C)C)cc1. The van der Waals surface area contributed by atoms with Crippen molar-refractivity contribution in [2.45, 2.75) is 51.6 Å². The fourth-order valence-electron chi connectivity index (χ4n) is 4.14. The van der Waals surface area contributed by atoms with E-state index in [1.54, 1.807) is 20.9 Å². The molecule has 1 saturated heterocycles. The number of anilines is 2. The number of amides is 2. The summed E-state index contributed by atoms with van der Waals surface area (Å²) in [5, 5.41) is 11.5. The number of nitriles is 1. The molecule has 0 bridgehead atoms. The number of hydrogen-bond donors (Lipinski definition) is 2. The van der Waals surface area contributed by atoms with Crippen molar-refractivity contribution in [2.75, 3.05) is 16.8 Å². The largest absolute Gasteiger partial charge is 0.359 e. The standard InChI is InChI=1S/C25H28ClFN4O2S/c1-24(2,21(32)29-5)13-12-15-6-9-17(10-7-15)31-23(34)30(22(33)25(31,3)4)18-11-8-16(14-28)19(26)20(18)27/h6-11,23,34H,12-13H2,1-5H3,(H,29,32). The van der Waals surface area contributed by atoms with Gasteiger partial charge >= 0.3 is 0 Å². The van der Waals surface area contributed by atoms with E-state index in [0.29, 0.717) is 12.8 Å². The van der Waals surface area contributed by atoms with Gasteiger partial charge in [-0.3, -0.25) is 14.5 Å². The van der Waals surface area contributed by atoms with Crippen LogP contribution < -0.4 is 15.1 Å². The van der Waals surface area contributed by atoms with E-state index in [1.165, 1.54) is 17.0 Å². The number of carbonyl (C=O) groups excluding carboxylic acids is 2. The van der Waals surface area contributed by atoms with Crippen LogP contribution in [0.5, 0.6) is 0 Å². The number of aryl methyl sites for hydroxylation is 1. The lowest BCUT2D eigenvalue weighted by Crippen LogP contribution is -2.44. The lowest BCUT2D eigenvalue weighted by Gasteiger charge is -2.33. The Hall–Kier alpha value is -2.76. The van der Waals surface area contributed by atoms with Crippen molar-refractivity contribution in [3.8, 4) is 6.07 Å². The second-order valence-electron chi connectivity index (χ2n) is 9.45. The minimum atomic E-state index is -1.01. The Balaban J connectivity index is 1.88. The molecule has 3 rings (SSSR count). The molecule has 0 aromatic heterocycles. The molecule has 1 heterocycles. The van der Waals surface area contributed by atoms with Crippen molar-refractivity contribution < 1.29 is 14.0 Å². The van der Waals surface area contributed by atoms with E-state index in [-0.39, 0.29) is 28.1 Å². The summed E-state index contributed by atoms with van der Waals surface area (Å²) in [5.74, 6) is -1.18. The molecule has 0 spiro atoms. The van der Waals surface area contributed by atoms with Crippen molar-refractivity contribution in [1.29, 1.82) is 5.26 Å². The molecule has 2 aromatic carbocycles. The van der Waals surface area contributed by atoms with Crippen LogP contribution in [0, 0.1) is 22.6 Å². The molecule has 2 amide bonds. The van der Waals surface area contributed by atoms with Crippen molar-refractivity contribution in [1.82, 2.24) is 5.32 Å². The minimum Gasteiger partial charge on any atom is -0.359 e. The molecule has 1 aliphatic rings. The average Bonchev–Trinajstić information content (AvgIpc) is 2.98. The maximum absolute atomic E-state index is 15.0. The summed E-state index contributed by atoms with van der Waals surface area (Å²) in [6.07, 6.45) is 1.40. The third-order valence-corrected chi connectivity index (χ3v) is 7.17. The van der Waals surface area contributed by atoms with Crippen molar-refractivity contribution in [2.24, 2.45) is 5.41 Å². The van der Waals surface area contributed by atoms with Gasteiger partial charge in [0.1, 0.15) is 11.6 Å². The van der Waals surface area contributed by atoms with Crippen molar-refractivity contribution in [3.05, 3.63) is 58.4 Å². The highest BCUT2D eigenvalue weighted by molar-refractivity contribution is 7.81. The molecular formula is C25H28ClFN4O2S. The summed E-state index contributed by atoms with van der Waals surface area (Å²) in [4.78, 5) is 28.4. The van der Waals surface area contributed by atoms with Crippen LogP contribution in [0.4, 0.5) is 15.8 Å². The van der Waals surface area contributed by atoms with Gasteiger partial charge < -0.3 is 10.2 Å². The zero-order valence-corrected chi connectivity index (χ0v) is 21.5. The molecule has 6 nitrogen and oxygen atoms in total. The van der Waals surface area contributed by atoms with Crippen LogP contribution in [-0.2, 0) is 16.0 Å². The monoisotopic (exact) mass is 502 g/mol. The first-order chi connectivity index (χ1) is 15.9. The molecule has 1 N–H and O–H groups in total. The lowest BCUT2D eigenvalue weighted by molar-refractivity contribution is -0.129. The van der Waals surface area contributed by atoms with Crippen LogP contribution in [0.1, 0.15) is 45.2 Å². The zero-order chi connectivity index (χ0) is 25.4. The molecule has 0 radical (unpaired) electrons. The number of thiol groups is 1. The van der Waals surface area contributed by atoms with Gasteiger partial charge in [0, 0.05) is 18.2 Å². The number of nitrogens with zero attached hydrogens (tertiary/aromatic N) is 3. The topological polar surface area (TPSA) is 76.4 Å². The molecule has 1 unspecified atom stereocenters. The van der Waals surface area contributed by atoms with Crippen LogP contribution in [0.15, 0.2) is 36.4 Å². The van der Waals surface area contributed by atoms with E-state index in [2.05, 4.69) is 17.9 Å². The maximum atomic E-state index is 15.0. The van der Waals surface area contributed by atoms with Gasteiger partial charge in [-0.1, -0.05) is 37.6 Å². The number of benzene rings is 2. The number of nitrogens with one attached hydrogen (secondary N) is 1. The zero-order valence-electron chi connectivity index (χ0n) is 19.8. The number of hydrogen-bond acceptors (Lipinski definition) is 5. The first kappa shape index (κ1) is 25.9. The molecule has 1 fully saturated rings. The summed E-state index contributed by atoms with van der Waals surface area (Å²) in [7, 11) is 1.63. The van der Waals surface area contributed by atoms with Crippen LogP contribution in [0.25, 0.3) is 0 Å². The van der Waals surface area contributed by atoms with E-state index in [1.807, 2.05) is 49.1 Å². The molecule has 34 heavy (non-hydrogen) atoms. The predicted octanol–water partition coefficient (Wildman–Crippen LogP) is 4.90. The highest BCUT2D eigenvalue weighted by atomic mass is 35.5. The summed E-state index contributed by atoms with van der Waals surface area (Å²) >= 11 is 10.7. The highest BCUT2D eigenvalue weighted by Crippen LogP contribution is 2.42. The molecular weight excluding hydrogens is 475 g/mol. The van der Waals surface area contributed by atoms with E-state index in [4.69, 9.17) is 16.9 Å². The van der Waals surface area contributed by atoms with Crippen LogP contribution in [-0.4, -0.2) is 29.9 Å². The van der Waals surface area contributed by atoms with E-state index in [9.17, 15) is 14.0 Å². The van der Waals surface area contributed by atoms with Gasteiger partial charge in [-0.25, -0.2) is 4.39 Å². The van der Waals surface area contributed by atoms with Crippen molar-refractivity contribution >= 4 is 47.4 Å². The van der Waals surface area contributed by atoms with Gasteiger partial charge in [0.2, 0.25) is 5.91 Å². The molecule has 1 atom stereocenters. The summed E-state index contributed by atoms with van der Waals surface area (Å²) in [6, 6.07) is 12.3. The summed E-state index contributed by atoms with van der Waals surface area (Å²) < 4.78 is 15.0. The lowest BCUT2D eigenvalue weighted by atomic mass is 9.85. The molecule has 0 saturated carbocycles. The summed E-state index contributed by atoms with van der Waals surface area (Å²) in [6.45, 7) is 7.32. The third-order valence-electron chi connectivity index (χ3n) is 6.34. The first-order valence-electron chi connectivity index (χ1n) is 10.9. The predicted molar refractivity (Wildman–Crippen MR) is 136 cm³/mol. The fraction of sp³-hybridized carbons (Fsp3) is 0.400. The minimum absolute atomic E-state index is 0.00317. The highest BCUT2D eigenvalue weighted by Gasteiger charge is 2.52. The van der Waals surface area contributed by atoms with Gasteiger partial charge in [0.25, 0.3) is 5.91 Å². The molecule has 1 aliphatic heterocycles. The summed E-state index contributed by atoms with van der Waals surface area (Å²) in [5.41, 5.74) is -0.521. The fourth-order valence-corrected chi connectivity index (χ4v) is 4.99. The molecule has 9 heteroatoms. The van der Waals surface area contributed by atoms with Gasteiger partial charge in [-0.2, -0.15) is 5.26 Å². The normalized spacial score (nSPS) is 17.6. The Morgan fingerprint density at radius 3 is 2.44 bits per heavy atom. The van der Waals surface area contributed by atoms with E-state index >= 15 is 0 Å². The van der Waals surface area contributed by atoms with Gasteiger partial charge in [-0.15, -0.1) is 12.6 Å². The molecule has 180 valence electrons. The maximum Gasteiger partial charge on any atom is 0.254 e. The second kappa shape index (κ2) is 9.47. The number of carbonyl (C=O) groups is 2. The van der Waals surface area contributed by atoms with Crippen LogP contribution in [0.3, 0.4) is 0 Å². The molecule has 2 aromatic rings. The smallest absolute Gasteiger partial charge is 0.254 e. The quantitative estimate of drug-likeness (QED) is 0.551. The third kappa shape index (κ3) is 4.47. The van der Waals surface area contributed by atoms with E-state index in [0.717, 1.165) is 11.3 Å². The Labute approximate surface area is 210 Å². The Morgan fingerprint density at radius 2 is 1.88 bits per heavy atom.